The first-order valence-corrected chi connectivity index (χ1v) is 13.2. The summed E-state index contributed by atoms with van der Waals surface area (Å²) < 4.78 is 17.5. The summed E-state index contributed by atoms with van der Waals surface area (Å²) >= 11 is 6.44. The van der Waals surface area contributed by atoms with Crippen LogP contribution in [0.5, 0.6) is 17.2 Å². The molecule has 10 heteroatoms. The van der Waals surface area contributed by atoms with Crippen molar-refractivity contribution in [3.8, 4) is 17.2 Å². The van der Waals surface area contributed by atoms with Gasteiger partial charge in [-0.05, 0) is 64.0 Å². The molecule has 0 atom stereocenters. The van der Waals surface area contributed by atoms with E-state index in [-0.39, 0.29) is 19.0 Å². The van der Waals surface area contributed by atoms with E-state index in [0.717, 1.165) is 68.5 Å². The van der Waals surface area contributed by atoms with E-state index in [4.69, 9.17) is 30.9 Å². The van der Waals surface area contributed by atoms with Crippen molar-refractivity contribution in [2.75, 3.05) is 52.4 Å². The Kier molecular flexibility index (Phi) is 8.14. The first-order chi connectivity index (χ1) is 18.0. The van der Waals surface area contributed by atoms with Crippen molar-refractivity contribution in [3.63, 3.8) is 0 Å². The summed E-state index contributed by atoms with van der Waals surface area (Å²) in [5, 5.41) is 13.7. The first kappa shape index (κ1) is 25.8. The third-order valence-corrected chi connectivity index (χ3v) is 7.32. The molecule has 198 valence electrons. The van der Waals surface area contributed by atoms with Crippen molar-refractivity contribution in [1.29, 1.82) is 0 Å². The number of hydrogen-bond donors (Lipinski definition) is 2. The number of anilines is 2. The maximum Gasteiger partial charge on any atom is 0.231 e. The van der Waals surface area contributed by atoms with Crippen LogP contribution in [0.4, 0.5) is 11.5 Å². The number of hydrogen-bond acceptors (Lipinski definition) is 9. The number of halogens is 1. The highest BCUT2D eigenvalue weighted by atomic mass is 35.5. The van der Waals surface area contributed by atoms with E-state index in [0.29, 0.717) is 28.0 Å². The van der Waals surface area contributed by atoms with Crippen LogP contribution >= 0.6 is 11.6 Å². The van der Waals surface area contributed by atoms with Crippen LogP contribution in [0.1, 0.15) is 25.7 Å². The molecular weight excluding hydrogens is 494 g/mol. The number of piperidine rings is 2. The van der Waals surface area contributed by atoms with Crippen molar-refractivity contribution < 1.29 is 19.3 Å². The molecule has 3 aliphatic heterocycles. The van der Waals surface area contributed by atoms with Crippen molar-refractivity contribution in [3.05, 3.63) is 41.7 Å². The van der Waals surface area contributed by atoms with Gasteiger partial charge in [0.15, 0.2) is 11.5 Å². The van der Waals surface area contributed by atoms with Crippen molar-refractivity contribution in [2.45, 2.75) is 37.9 Å². The Bertz CT molecular complexity index is 1200. The number of nitrogens with one attached hydrogen (secondary N) is 1. The molecule has 0 amide bonds. The molecule has 0 aliphatic carbocycles. The predicted octanol–water partition coefficient (Wildman–Crippen LogP) is 4.30. The second-order valence-corrected chi connectivity index (χ2v) is 10.2. The van der Waals surface area contributed by atoms with Gasteiger partial charge < -0.3 is 34.4 Å². The minimum atomic E-state index is -0.0220. The molecule has 2 fully saturated rings. The topological polar surface area (TPSA) is 92.2 Å². The van der Waals surface area contributed by atoms with Gasteiger partial charge in [-0.2, -0.15) is 0 Å². The lowest BCUT2D eigenvalue weighted by Gasteiger charge is -2.29. The molecule has 0 radical (unpaired) electrons. The molecule has 3 aromatic rings. The average Bonchev–Trinajstić information content (AvgIpc) is 3.39. The fourth-order valence-corrected chi connectivity index (χ4v) is 4.93. The molecule has 1 aromatic heterocycles. The van der Waals surface area contributed by atoms with Crippen molar-refractivity contribution in [2.24, 2.45) is 0 Å². The maximum absolute atomic E-state index is 9.00. The predicted molar refractivity (Wildman–Crippen MR) is 144 cm³/mol. The molecule has 9 nitrogen and oxygen atoms in total. The van der Waals surface area contributed by atoms with Crippen LogP contribution in [0.3, 0.4) is 0 Å². The Balaban J connectivity index is 0.000000301. The Morgan fingerprint density at radius 1 is 0.973 bits per heavy atom. The van der Waals surface area contributed by atoms with Gasteiger partial charge in [-0.1, -0.05) is 17.7 Å². The zero-order valence-electron chi connectivity index (χ0n) is 21.3. The molecule has 2 aromatic carbocycles. The zero-order chi connectivity index (χ0) is 25.8. The van der Waals surface area contributed by atoms with Gasteiger partial charge in [-0.25, -0.2) is 9.97 Å². The van der Waals surface area contributed by atoms with Gasteiger partial charge in [-0.15, -0.1) is 0 Å². The summed E-state index contributed by atoms with van der Waals surface area (Å²) in [7, 11) is 4.23. The third-order valence-electron chi connectivity index (χ3n) is 7.00. The summed E-state index contributed by atoms with van der Waals surface area (Å²) in [4.78, 5) is 13.4. The Morgan fingerprint density at radius 2 is 1.70 bits per heavy atom. The number of aromatic nitrogens is 2. The molecule has 2 saturated heterocycles. The van der Waals surface area contributed by atoms with Crippen molar-refractivity contribution in [1.82, 2.24) is 19.8 Å². The van der Waals surface area contributed by atoms with E-state index in [2.05, 4.69) is 39.2 Å². The number of likely N-dealkylation sites (tertiary alicyclic amines) is 2. The lowest BCUT2D eigenvalue weighted by Crippen LogP contribution is -2.35. The summed E-state index contributed by atoms with van der Waals surface area (Å²) in [6.07, 6.45) is 5.57. The van der Waals surface area contributed by atoms with E-state index in [9.17, 15) is 0 Å². The molecule has 0 saturated carbocycles. The summed E-state index contributed by atoms with van der Waals surface area (Å²) in [5.74, 6) is 2.61. The quantitative estimate of drug-likeness (QED) is 0.515. The normalized spacial score (nSPS) is 18.9. The number of ether oxygens (including phenoxy) is 3. The molecule has 6 rings (SSSR count). The smallest absolute Gasteiger partial charge is 0.231 e. The summed E-state index contributed by atoms with van der Waals surface area (Å²) in [5.41, 5.74) is 1.42. The highest BCUT2D eigenvalue weighted by molar-refractivity contribution is 6.34. The SMILES string of the molecule is CN1CCC(O)CC1.CN1CCC(Oc2cccc3ncnc(Nc4c(Cl)ccc5c4OCO5)c23)CC1. The lowest BCUT2D eigenvalue weighted by molar-refractivity contribution is 0.0942. The minimum Gasteiger partial charge on any atom is -0.489 e. The monoisotopic (exact) mass is 527 g/mol. The van der Waals surface area contributed by atoms with E-state index >= 15 is 0 Å². The maximum atomic E-state index is 9.00. The lowest BCUT2D eigenvalue weighted by atomic mass is 10.1. The second kappa shape index (κ2) is 11.7. The zero-order valence-corrected chi connectivity index (χ0v) is 22.1. The van der Waals surface area contributed by atoms with Crippen LogP contribution < -0.4 is 19.5 Å². The highest BCUT2D eigenvalue weighted by Gasteiger charge is 2.23. The molecule has 0 bridgehead atoms. The van der Waals surface area contributed by atoms with Crippen LogP contribution in [0.15, 0.2) is 36.7 Å². The van der Waals surface area contributed by atoms with Crippen LogP contribution in [0.2, 0.25) is 5.02 Å². The number of fused-ring (bicyclic) bond motifs is 2. The third kappa shape index (κ3) is 6.18. The number of nitrogens with zero attached hydrogens (tertiary/aromatic N) is 4. The van der Waals surface area contributed by atoms with Crippen molar-refractivity contribution >= 4 is 34.0 Å². The van der Waals surface area contributed by atoms with Crippen LogP contribution in [0, 0.1) is 0 Å². The number of aliphatic hydroxyl groups excluding tert-OH is 1. The Labute approximate surface area is 222 Å². The number of benzene rings is 2. The number of rotatable bonds is 4. The standard InChI is InChI=1S/C21H21ClN4O3.C6H13NO/c1-26-9-7-13(8-10-26)29-16-4-2-3-15-18(16)21(24-11-23-15)25-19-14(22)5-6-17-20(19)28-12-27-17;1-7-4-2-6(8)3-5-7/h2-6,11,13H,7-10,12H2,1H3,(H,23,24,25);6,8H,2-5H2,1H3. The van der Waals surface area contributed by atoms with Gasteiger partial charge in [-0.3, -0.25) is 0 Å². The molecule has 0 unspecified atom stereocenters. The molecule has 3 aliphatic rings. The van der Waals surface area contributed by atoms with Gasteiger partial charge in [0.05, 0.1) is 22.0 Å². The first-order valence-electron chi connectivity index (χ1n) is 12.8. The van der Waals surface area contributed by atoms with E-state index in [1.807, 2.05) is 18.2 Å². The van der Waals surface area contributed by atoms with Gasteiger partial charge >= 0.3 is 0 Å². The molecule has 2 N–H and O–H groups in total. The fraction of sp³-hybridized carbons (Fsp3) is 0.481. The highest BCUT2D eigenvalue weighted by Crippen LogP contribution is 2.45. The van der Waals surface area contributed by atoms with Gasteiger partial charge in [0.1, 0.15) is 29.7 Å². The van der Waals surface area contributed by atoms with Crippen LogP contribution in [0.25, 0.3) is 10.9 Å². The molecular formula is C27H34ClN5O4. The van der Waals surface area contributed by atoms with Gasteiger partial charge in [0.25, 0.3) is 0 Å². The van der Waals surface area contributed by atoms with Crippen LogP contribution in [-0.4, -0.2) is 84.1 Å². The summed E-state index contributed by atoms with van der Waals surface area (Å²) in [6, 6.07) is 9.43. The van der Waals surface area contributed by atoms with E-state index < -0.39 is 0 Å². The Morgan fingerprint density at radius 3 is 2.43 bits per heavy atom. The van der Waals surface area contributed by atoms with Crippen LogP contribution in [-0.2, 0) is 0 Å². The Hall–Kier alpha value is -2.85. The van der Waals surface area contributed by atoms with Gasteiger partial charge in [0.2, 0.25) is 6.79 Å². The minimum absolute atomic E-state index is 0.0220. The molecule has 4 heterocycles. The van der Waals surface area contributed by atoms with E-state index in [1.54, 1.807) is 12.1 Å². The van der Waals surface area contributed by atoms with Gasteiger partial charge in [0, 0.05) is 26.2 Å². The molecule has 37 heavy (non-hydrogen) atoms. The fourth-order valence-electron chi connectivity index (χ4n) is 4.73. The van der Waals surface area contributed by atoms with E-state index in [1.165, 1.54) is 6.33 Å². The second-order valence-electron chi connectivity index (χ2n) is 9.81. The largest absolute Gasteiger partial charge is 0.489 e. The average molecular weight is 528 g/mol. The summed E-state index contributed by atoms with van der Waals surface area (Å²) in [6.45, 7) is 4.34. The molecule has 0 spiro atoms. The number of aliphatic hydroxyl groups is 1.